The van der Waals surface area contributed by atoms with E-state index in [1.165, 1.54) is 5.56 Å². The number of nitrogen functional groups attached to an aromatic ring is 1. The number of rotatable bonds is 3. The van der Waals surface area contributed by atoms with E-state index in [1.807, 2.05) is 12.1 Å². The van der Waals surface area contributed by atoms with Crippen molar-refractivity contribution < 1.29 is 4.79 Å². The number of nitrogens with two attached hydrogens (primary N) is 1. The number of amides is 1. The number of hydrogen-bond acceptors (Lipinski definition) is 2. The Morgan fingerprint density at radius 2 is 1.55 bits per heavy atom. The summed E-state index contributed by atoms with van der Waals surface area (Å²) in [5.41, 5.74) is 9.08. The smallest absolute Gasteiger partial charge is 0.258 e. The van der Waals surface area contributed by atoms with Crippen molar-refractivity contribution in [1.29, 1.82) is 0 Å². The van der Waals surface area contributed by atoms with E-state index in [1.54, 1.807) is 36.2 Å². The third-order valence-electron chi connectivity index (χ3n) is 3.41. The average Bonchev–Trinajstić information content (AvgIpc) is 2.46. The van der Waals surface area contributed by atoms with Crippen LogP contribution in [-0.2, 0) is 0 Å². The molecule has 0 radical (unpaired) electrons. The fourth-order valence-corrected chi connectivity index (χ4v) is 2.02. The molecular formula is C17H20N2O. The van der Waals surface area contributed by atoms with Crippen LogP contribution in [0.2, 0.25) is 0 Å². The number of anilines is 2. The monoisotopic (exact) mass is 268 g/mol. The minimum absolute atomic E-state index is 0.0395. The first-order valence-corrected chi connectivity index (χ1v) is 6.72. The van der Waals surface area contributed by atoms with Crippen molar-refractivity contribution in [3.8, 4) is 0 Å². The first-order chi connectivity index (χ1) is 9.49. The molecule has 104 valence electrons. The molecule has 0 aromatic heterocycles. The molecule has 20 heavy (non-hydrogen) atoms. The molecule has 3 nitrogen and oxygen atoms in total. The quantitative estimate of drug-likeness (QED) is 0.863. The summed E-state index contributed by atoms with van der Waals surface area (Å²) in [6.45, 7) is 4.30. The summed E-state index contributed by atoms with van der Waals surface area (Å²) >= 11 is 0. The van der Waals surface area contributed by atoms with E-state index < -0.39 is 0 Å². The minimum Gasteiger partial charge on any atom is -0.399 e. The summed E-state index contributed by atoms with van der Waals surface area (Å²) in [4.78, 5) is 14.0. The normalized spacial score (nSPS) is 10.6. The Balaban J connectivity index is 2.19. The molecule has 1 amide bonds. The molecule has 0 aliphatic carbocycles. The van der Waals surface area contributed by atoms with Crippen molar-refractivity contribution in [1.82, 2.24) is 0 Å². The van der Waals surface area contributed by atoms with Gasteiger partial charge in [0.15, 0.2) is 0 Å². The molecule has 0 aliphatic heterocycles. The summed E-state index contributed by atoms with van der Waals surface area (Å²) in [6, 6.07) is 15.0. The second kappa shape index (κ2) is 5.78. The molecule has 0 bridgehead atoms. The van der Waals surface area contributed by atoms with Gasteiger partial charge < -0.3 is 10.6 Å². The highest BCUT2D eigenvalue weighted by Crippen LogP contribution is 2.20. The molecule has 0 atom stereocenters. The van der Waals surface area contributed by atoms with E-state index in [4.69, 9.17) is 5.73 Å². The molecule has 3 heteroatoms. The van der Waals surface area contributed by atoms with Gasteiger partial charge in [0.1, 0.15) is 0 Å². The number of carbonyl (C=O) groups excluding carboxylic acids is 1. The van der Waals surface area contributed by atoms with Gasteiger partial charge in [0.05, 0.1) is 0 Å². The summed E-state index contributed by atoms with van der Waals surface area (Å²) < 4.78 is 0. The minimum atomic E-state index is -0.0395. The number of carbonyl (C=O) groups is 1. The van der Waals surface area contributed by atoms with Crippen LogP contribution in [0.25, 0.3) is 0 Å². The second-order valence-electron chi connectivity index (χ2n) is 5.23. The van der Waals surface area contributed by atoms with Crippen molar-refractivity contribution in [2.45, 2.75) is 19.8 Å². The van der Waals surface area contributed by atoms with Crippen LogP contribution in [0.4, 0.5) is 11.4 Å². The fourth-order valence-electron chi connectivity index (χ4n) is 2.02. The molecular weight excluding hydrogens is 248 g/mol. The predicted molar refractivity (Wildman–Crippen MR) is 84.1 cm³/mol. The van der Waals surface area contributed by atoms with Crippen molar-refractivity contribution in [3.05, 3.63) is 59.7 Å². The number of nitrogens with zero attached hydrogens (tertiary/aromatic N) is 1. The van der Waals surface area contributed by atoms with Gasteiger partial charge in [-0.05, 0) is 47.9 Å². The number of benzene rings is 2. The maximum atomic E-state index is 12.4. The van der Waals surface area contributed by atoms with Crippen molar-refractivity contribution >= 4 is 17.3 Å². The van der Waals surface area contributed by atoms with E-state index in [9.17, 15) is 4.79 Å². The third kappa shape index (κ3) is 2.99. The Morgan fingerprint density at radius 1 is 1.00 bits per heavy atom. The molecule has 0 saturated heterocycles. The topological polar surface area (TPSA) is 46.3 Å². The van der Waals surface area contributed by atoms with Crippen LogP contribution in [0.3, 0.4) is 0 Å². The molecule has 2 aromatic carbocycles. The van der Waals surface area contributed by atoms with Crippen LogP contribution in [0, 0.1) is 0 Å². The second-order valence-corrected chi connectivity index (χ2v) is 5.23. The summed E-state index contributed by atoms with van der Waals surface area (Å²) in [5, 5.41) is 0. The van der Waals surface area contributed by atoms with E-state index in [0.29, 0.717) is 17.2 Å². The third-order valence-corrected chi connectivity index (χ3v) is 3.41. The summed E-state index contributed by atoms with van der Waals surface area (Å²) in [7, 11) is 1.78. The van der Waals surface area contributed by atoms with E-state index >= 15 is 0 Å². The molecule has 2 N–H and O–H groups in total. The lowest BCUT2D eigenvalue weighted by atomic mass is 10.0. The van der Waals surface area contributed by atoms with Crippen LogP contribution < -0.4 is 10.6 Å². The largest absolute Gasteiger partial charge is 0.399 e. The van der Waals surface area contributed by atoms with Gasteiger partial charge in [-0.15, -0.1) is 0 Å². The maximum absolute atomic E-state index is 12.4. The van der Waals surface area contributed by atoms with Gasteiger partial charge in [-0.2, -0.15) is 0 Å². The Bertz CT molecular complexity index is 585. The van der Waals surface area contributed by atoms with E-state index in [2.05, 4.69) is 26.0 Å². The molecule has 0 spiro atoms. The average molecular weight is 268 g/mol. The molecule has 0 fully saturated rings. The lowest BCUT2D eigenvalue weighted by molar-refractivity contribution is 0.0993. The lowest BCUT2D eigenvalue weighted by Gasteiger charge is -2.18. The molecule has 0 saturated carbocycles. The highest BCUT2D eigenvalue weighted by molar-refractivity contribution is 6.05. The Labute approximate surface area is 120 Å². The summed E-state index contributed by atoms with van der Waals surface area (Å²) in [5.74, 6) is 0.449. The predicted octanol–water partition coefficient (Wildman–Crippen LogP) is 3.67. The summed E-state index contributed by atoms with van der Waals surface area (Å²) in [6.07, 6.45) is 0. The standard InChI is InChI=1S/C17H20N2O/c1-12(2)13-6-10-16(11-7-13)19(3)17(20)14-4-8-15(18)9-5-14/h4-12H,18H2,1-3H3. The van der Waals surface area contributed by atoms with Crippen LogP contribution in [0.1, 0.15) is 35.7 Å². The zero-order valence-corrected chi connectivity index (χ0v) is 12.1. The molecule has 0 aliphatic rings. The zero-order chi connectivity index (χ0) is 14.7. The van der Waals surface area contributed by atoms with Crippen molar-refractivity contribution in [2.24, 2.45) is 0 Å². The van der Waals surface area contributed by atoms with Gasteiger partial charge in [0, 0.05) is 24.0 Å². The number of hydrogen-bond donors (Lipinski definition) is 1. The van der Waals surface area contributed by atoms with Gasteiger partial charge in [-0.3, -0.25) is 4.79 Å². The van der Waals surface area contributed by atoms with Gasteiger partial charge in [-0.25, -0.2) is 0 Å². The molecule has 2 aromatic rings. The SMILES string of the molecule is CC(C)c1ccc(N(C)C(=O)c2ccc(N)cc2)cc1. The van der Waals surface area contributed by atoms with Crippen molar-refractivity contribution in [2.75, 3.05) is 17.7 Å². The van der Waals surface area contributed by atoms with Crippen LogP contribution >= 0.6 is 0 Å². The maximum Gasteiger partial charge on any atom is 0.258 e. The van der Waals surface area contributed by atoms with E-state index in [0.717, 1.165) is 5.69 Å². The highest BCUT2D eigenvalue weighted by Gasteiger charge is 2.13. The zero-order valence-electron chi connectivity index (χ0n) is 12.1. The van der Waals surface area contributed by atoms with Crippen LogP contribution in [0.5, 0.6) is 0 Å². The molecule has 2 rings (SSSR count). The van der Waals surface area contributed by atoms with Crippen molar-refractivity contribution in [3.63, 3.8) is 0 Å². The van der Waals surface area contributed by atoms with Crippen LogP contribution in [0.15, 0.2) is 48.5 Å². The first kappa shape index (κ1) is 14.1. The fraction of sp³-hybridized carbons (Fsp3) is 0.235. The van der Waals surface area contributed by atoms with Gasteiger partial charge >= 0.3 is 0 Å². The molecule has 0 heterocycles. The van der Waals surface area contributed by atoms with Gasteiger partial charge in [0.25, 0.3) is 5.91 Å². The van der Waals surface area contributed by atoms with E-state index in [-0.39, 0.29) is 5.91 Å². The Morgan fingerprint density at radius 3 is 2.05 bits per heavy atom. The van der Waals surface area contributed by atoms with Crippen LogP contribution in [-0.4, -0.2) is 13.0 Å². The Kier molecular flexibility index (Phi) is 4.08. The lowest BCUT2D eigenvalue weighted by Crippen LogP contribution is -2.26. The van der Waals surface area contributed by atoms with Gasteiger partial charge in [0.2, 0.25) is 0 Å². The highest BCUT2D eigenvalue weighted by atomic mass is 16.2. The first-order valence-electron chi connectivity index (χ1n) is 6.72. The molecule has 0 unspecified atom stereocenters. The van der Waals surface area contributed by atoms with Gasteiger partial charge in [-0.1, -0.05) is 26.0 Å². The Hall–Kier alpha value is -2.29.